The number of carbonyl (C=O) groups excluding carboxylic acids is 1. The monoisotopic (exact) mass is 609 g/mol. The smallest absolute Gasteiger partial charge is 0.550 e. The molecular weight excluding hydrogens is 573 g/mol. The van der Waals surface area contributed by atoms with E-state index in [2.05, 4.69) is 42.5 Å². The number of aromatic nitrogens is 1. The fourth-order valence-corrected chi connectivity index (χ4v) is 7.33. The first-order chi connectivity index (χ1) is 19.6. The van der Waals surface area contributed by atoms with Gasteiger partial charge in [-0.15, -0.1) is 0 Å². The number of carbonyl (C=O) groups is 1. The minimum absolute atomic E-state index is 0. The molecule has 1 atom stereocenters. The molecule has 1 fully saturated rings. The van der Waals surface area contributed by atoms with Gasteiger partial charge in [-0.3, -0.25) is 4.98 Å². The molecule has 4 aromatic rings. The Morgan fingerprint density at radius 3 is 2.52 bits per heavy atom. The van der Waals surface area contributed by atoms with E-state index in [0.717, 1.165) is 72.0 Å². The Balaban J connectivity index is 0.00000405. The van der Waals surface area contributed by atoms with Crippen LogP contribution in [-0.4, -0.2) is 21.8 Å². The minimum atomic E-state index is -0.953. The van der Waals surface area contributed by atoms with Gasteiger partial charge in [0.05, 0.1) is 11.1 Å². The molecule has 0 aliphatic heterocycles. The first-order valence-electron chi connectivity index (χ1n) is 14.4. The van der Waals surface area contributed by atoms with Gasteiger partial charge in [0, 0.05) is 27.3 Å². The molecule has 1 aliphatic carbocycles. The Kier molecular flexibility index (Phi) is 11.2. The molecule has 1 aromatic heterocycles. The van der Waals surface area contributed by atoms with Gasteiger partial charge in [0.15, 0.2) is 0 Å². The van der Waals surface area contributed by atoms with Crippen LogP contribution >= 0.6 is 23.4 Å². The molecule has 0 spiro atoms. The number of halogens is 1. The largest absolute Gasteiger partial charge is 1.00 e. The second-order valence-electron chi connectivity index (χ2n) is 12.0. The van der Waals surface area contributed by atoms with E-state index in [-0.39, 0.29) is 46.6 Å². The first kappa shape index (κ1) is 33.0. The van der Waals surface area contributed by atoms with Crippen molar-refractivity contribution in [2.24, 2.45) is 5.41 Å². The molecule has 5 rings (SSSR count). The summed E-state index contributed by atoms with van der Waals surface area (Å²) in [6, 6.07) is 26.9. The Bertz CT molecular complexity index is 1530. The number of thioether (sulfide) groups is 1. The van der Waals surface area contributed by atoms with E-state index in [4.69, 9.17) is 16.6 Å². The Morgan fingerprint density at radius 1 is 1.02 bits per heavy atom. The molecule has 0 amide bonds. The molecule has 42 heavy (non-hydrogen) atoms. The van der Waals surface area contributed by atoms with Crippen LogP contribution in [0.4, 0.5) is 0 Å². The van der Waals surface area contributed by atoms with Crippen molar-refractivity contribution in [2.45, 2.75) is 69.6 Å². The van der Waals surface area contributed by atoms with E-state index in [9.17, 15) is 15.0 Å². The number of aliphatic carboxylic acids is 1. The zero-order valence-corrected chi connectivity index (χ0v) is 28.3. The van der Waals surface area contributed by atoms with Crippen LogP contribution in [0.1, 0.15) is 72.7 Å². The number of carboxylic acids is 1. The zero-order chi connectivity index (χ0) is 29.0. The SMILES string of the molecule is CC(C)(O)c1ccccc1CC[C@H](SCC1(CC(=O)[O-])CC1)c1cccc(CCc2ccc3ccc(Cl)cc3n2)c1.[Na+]. The second-order valence-corrected chi connectivity index (χ2v) is 13.6. The molecule has 1 saturated carbocycles. The number of fused-ring (bicyclic) bond motifs is 1. The molecule has 0 bridgehead atoms. The van der Waals surface area contributed by atoms with Crippen molar-refractivity contribution in [1.82, 2.24) is 4.98 Å². The van der Waals surface area contributed by atoms with E-state index in [1.165, 1.54) is 11.1 Å². The fraction of sp³-hybridized carbons (Fsp3) is 0.371. The summed E-state index contributed by atoms with van der Waals surface area (Å²) in [5.74, 6) is -0.141. The van der Waals surface area contributed by atoms with Crippen LogP contribution in [0.2, 0.25) is 5.02 Å². The van der Waals surface area contributed by atoms with Gasteiger partial charge in [0.25, 0.3) is 0 Å². The summed E-state index contributed by atoms with van der Waals surface area (Å²) < 4.78 is 0. The van der Waals surface area contributed by atoms with E-state index in [1.807, 2.05) is 62.0 Å². The van der Waals surface area contributed by atoms with Gasteiger partial charge in [-0.25, -0.2) is 0 Å². The minimum Gasteiger partial charge on any atom is -0.550 e. The Labute approximate surface area is 280 Å². The number of hydrogen-bond donors (Lipinski definition) is 1. The Morgan fingerprint density at radius 2 is 1.79 bits per heavy atom. The second kappa shape index (κ2) is 14.3. The van der Waals surface area contributed by atoms with Crippen LogP contribution in [0.15, 0.2) is 78.9 Å². The summed E-state index contributed by atoms with van der Waals surface area (Å²) in [5, 5.41) is 24.1. The predicted molar refractivity (Wildman–Crippen MR) is 167 cm³/mol. The number of carboxylic acid groups (broad SMARTS) is 1. The molecule has 3 aromatic carbocycles. The summed E-state index contributed by atoms with van der Waals surface area (Å²) in [7, 11) is 0. The summed E-state index contributed by atoms with van der Waals surface area (Å²) in [6.45, 7) is 3.66. The van der Waals surface area contributed by atoms with Crippen molar-refractivity contribution in [2.75, 3.05) is 5.75 Å². The summed E-state index contributed by atoms with van der Waals surface area (Å²) in [6.07, 6.45) is 5.48. The number of hydrogen-bond acceptors (Lipinski definition) is 5. The standard InChI is InChI=1S/C35H38ClNO3S.Na/c1-34(2,40)30-9-4-3-7-25(30)13-17-32(41-23-35(18-19-35)22-33(38)39)27-8-5-6-24(20-27)10-15-29-16-12-26-11-14-28(36)21-31(26)37-29;/h3-9,11-12,14,16,20-21,32,40H,10,13,15,17-19,22-23H2,1-2H3,(H,38,39);/q;+1/p-1/t32-;/m0./s1. The van der Waals surface area contributed by atoms with E-state index in [1.54, 1.807) is 0 Å². The molecular formula is C35H37ClNNaO3S. The number of rotatable bonds is 13. The number of nitrogens with zero attached hydrogens (tertiary/aromatic N) is 1. The van der Waals surface area contributed by atoms with Crippen molar-refractivity contribution in [3.8, 4) is 0 Å². The van der Waals surface area contributed by atoms with Crippen molar-refractivity contribution in [1.29, 1.82) is 0 Å². The third-order valence-corrected chi connectivity index (χ3v) is 10.0. The van der Waals surface area contributed by atoms with E-state index in [0.29, 0.717) is 5.02 Å². The van der Waals surface area contributed by atoms with Gasteiger partial charge < -0.3 is 15.0 Å². The molecule has 214 valence electrons. The maximum atomic E-state index is 11.4. The molecule has 0 radical (unpaired) electrons. The molecule has 0 unspecified atom stereocenters. The maximum absolute atomic E-state index is 11.4. The maximum Gasteiger partial charge on any atom is 1.00 e. The normalized spacial score (nSPS) is 14.8. The number of benzene rings is 3. The van der Waals surface area contributed by atoms with Gasteiger partial charge in [0.1, 0.15) is 0 Å². The first-order valence-corrected chi connectivity index (χ1v) is 15.8. The summed E-state index contributed by atoms with van der Waals surface area (Å²) >= 11 is 8.05. The van der Waals surface area contributed by atoms with Crippen LogP contribution in [-0.2, 0) is 29.7 Å². The van der Waals surface area contributed by atoms with Gasteiger partial charge in [-0.1, -0.05) is 72.3 Å². The molecule has 4 nitrogen and oxygen atoms in total. The molecule has 1 N–H and O–H groups in total. The third-order valence-electron chi connectivity index (χ3n) is 8.12. The van der Waals surface area contributed by atoms with Crippen LogP contribution < -0.4 is 34.7 Å². The van der Waals surface area contributed by atoms with Crippen LogP contribution in [0, 0.1) is 5.41 Å². The topological polar surface area (TPSA) is 73.2 Å². The number of aliphatic hydroxyl groups is 1. The average Bonchev–Trinajstić information content (AvgIpc) is 3.70. The molecule has 0 saturated heterocycles. The van der Waals surface area contributed by atoms with Crippen molar-refractivity contribution < 1.29 is 44.6 Å². The zero-order valence-electron chi connectivity index (χ0n) is 24.7. The van der Waals surface area contributed by atoms with Crippen LogP contribution in [0.5, 0.6) is 0 Å². The van der Waals surface area contributed by atoms with Gasteiger partial charge in [-0.2, -0.15) is 11.8 Å². The van der Waals surface area contributed by atoms with Crippen molar-refractivity contribution >= 4 is 40.2 Å². The Hall–Kier alpha value is -1.86. The number of aryl methyl sites for hydroxylation is 3. The third kappa shape index (κ3) is 8.84. The van der Waals surface area contributed by atoms with E-state index >= 15 is 0 Å². The van der Waals surface area contributed by atoms with Crippen molar-refractivity contribution in [3.63, 3.8) is 0 Å². The number of pyridine rings is 1. The van der Waals surface area contributed by atoms with Gasteiger partial charge >= 0.3 is 29.6 Å². The van der Waals surface area contributed by atoms with Gasteiger partial charge in [-0.05, 0) is 110 Å². The van der Waals surface area contributed by atoms with E-state index < -0.39 is 11.6 Å². The van der Waals surface area contributed by atoms with Gasteiger partial charge in [0.2, 0.25) is 0 Å². The molecule has 1 aliphatic rings. The van der Waals surface area contributed by atoms with Crippen LogP contribution in [0.25, 0.3) is 10.9 Å². The quantitative estimate of drug-likeness (QED) is 0.230. The average molecular weight is 610 g/mol. The van der Waals surface area contributed by atoms with Crippen molar-refractivity contribution in [3.05, 3.63) is 112 Å². The summed E-state index contributed by atoms with van der Waals surface area (Å²) in [5.41, 5.74) is 5.54. The predicted octanol–water partition coefficient (Wildman–Crippen LogP) is 4.23. The van der Waals surface area contributed by atoms with Crippen LogP contribution in [0.3, 0.4) is 0 Å². The molecule has 7 heteroatoms. The summed E-state index contributed by atoms with van der Waals surface area (Å²) in [4.78, 5) is 16.2. The fourth-order valence-electron chi connectivity index (χ4n) is 5.59. The molecule has 1 heterocycles.